The minimum Gasteiger partial charge on any atom is -0.487 e. The Morgan fingerprint density at radius 2 is 1.57 bits per heavy atom. The predicted octanol–water partition coefficient (Wildman–Crippen LogP) is 3.72. The molecule has 0 aromatic heterocycles. The van der Waals surface area contributed by atoms with E-state index in [0.717, 1.165) is 0 Å². The number of Topliss-reactive ketones (excluding diaryl/α,β-unsaturated/α-hetero) is 1. The molecule has 2 aromatic rings. The Morgan fingerprint density at radius 3 is 2.33 bits per heavy atom. The molecule has 0 heterocycles. The molecule has 0 saturated carbocycles. The third-order valence-electron chi connectivity index (χ3n) is 3.25. The van der Waals surface area contributed by atoms with Gasteiger partial charge in [0.1, 0.15) is 12.4 Å². The minimum atomic E-state index is -0.183. The number of rotatable bonds is 3. The van der Waals surface area contributed by atoms with Crippen molar-refractivity contribution in [2.75, 3.05) is 6.61 Å². The van der Waals surface area contributed by atoms with Crippen LogP contribution < -0.4 is 4.74 Å². The second kappa shape index (κ2) is 5.54. The fraction of sp³-hybridized carbons (Fsp3) is 0.0588. The van der Waals surface area contributed by atoms with Crippen LogP contribution in [0.2, 0.25) is 5.02 Å². The molecule has 3 rings (SSSR count). The molecule has 0 spiro atoms. The van der Waals surface area contributed by atoms with E-state index in [2.05, 4.69) is 0 Å². The molecule has 0 atom stereocenters. The van der Waals surface area contributed by atoms with Gasteiger partial charge in [-0.2, -0.15) is 0 Å². The molecule has 0 bridgehead atoms. The average molecular weight is 299 g/mol. The molecule has 0 N–H and O–H groups in total. The predicted molar refractivity (Wildman–Crippen MR) is 80.1 cm³/mol. The minimum absolute atomic E-state index is 0.0165. The molecule has 0 unspecified atom stereocenters. The number of allylic oxidation sites excluding steroid dienone is 1. The summed E-state index contributed by atoms with van der Waals surface area (Å²) in [5, 5.41) is 0.466. The second-order valence-electron chi connectivity index (χ2n) is 4.63. The third kappa shape index (κ3) is 2.60. The summed E-state index contributed by atoms with van der Waals surface area (Å²) in [5.41, 5.74) is 1.19. The number of ketones is 2. The van der Waals surface area contributed by atoms with Gasteiger partial charge < -0.3 is 4.74 Å². The van der Waals surface area contributed by atoms with Crippen molar-refractivity contribution < 1.29 is 14.3 Å². The Hall–Kier alpha value is -2.39. The molecule has 0 fully saturated rings. The summed E-state index contributed by atoms with van der Waals surface area (Å²) in [5.74, 6) is 0.124. The van der Waals surface area contributed by atoms with E-state index < -0.39 is 0 Å². The van der Waals surface area contributed by atoms with E-state index in [9.17, 15) is 9.59 Å². The fourth-order valence-electron chi connectivity index (χ4n) is 2.20. The second-order valence-corrected chi connectivity index (χ2v) is 5.03. The maximum absolute atomic E-state index is 12.3. The van der Waals surface area contributed by atoms with Crippen molar-refractivity contribution in [3.8, 4) is 5.75 Å². The van der Waals surface area contributed by atoms with Crippen LogP contribution in [0.15, 0.2) is 60.2 Å². The van der Waals surface area contributed by atoms with E-state index in [0.29, 0.717) is 27.5 Å². The van der Waals surface area contributed by atoms with Crippen LogP contribution in [0.3, 0.4) is 0 Å². The number of hydrogen-bond donors (Lipinski definition) is 0. The molecule has 104 valence electrons. The van der Waals surface area contributed by atoms with Crippen LogP contribution in [0.5, 0.6) is 5.75 Å². The molecule has 1 aliphatic carbocycles. The Kier molecular flexibility index (Phi) is 3.59. The van der Waals surface area contributed by atoms with Gasteiger partial charge in [-0.15, -0.1) is 0 Å². The van der Waals surface area contributed by atoms with Crippen LogP contribution in [-0.2, 0) is 0 Å². The maximum Gasteiger partial charge on any atom is 0.193 e. The summed E-state index contributed by atoms with van der Waals surface area (Å²) in [6.45, 7) is 0.0165. The van der Waals surface area contributed by atoms with Gasteiger partial charge in [0, 0.05) is 16.7 Å². The summed E-state index contributed by atoms with van der Waals surface area (Å²) in [4.78, 5) is 24.3. The molecular weight excluding hydrogens is 288 g/mol. The summed E-state index contributed by atoms with van der Waals surface area (Å²) in [6.07, 6.45) is 1.33. The highest BCUT2D eigenvalue weighted by Crippen LogP contribution is 2.25. The molecule has 21 heavy (non-hydrogen) atoms. The largest absolute Gasteiger partial charge is 0.487 e. The lowest BCUT2D eigenvalue weighted by molar-refractivity contribution is 0.0974. The van der Waals surface area contributed by atoms with Gasteiger partial charge in [-0.1, -0.05) is 48.0 Å². The molecule has 2 aromatic carbocycles. The Balaban J connectivity index is 1.83. The maximum atomic E-state index is 12.3. The topological polar surface area (TPSA) is 43.4 Å². The van der Waals surface area contributed by atoms with Gasteiger partial charge in [0.05, 0.1) is 5.02 Å². The first-order valence-electron chi connectivity index (χ1n) is 6.43. The SMILES string of the molecule is O=C1C=C(COc2ccccc2Cl)C(=O)c2ccccc21. The highest BCUT2D eigenvalue weighted by molar-refractivity contribution is 6.32. The quantitative estimate of drug-likeness (QED) is 0.867. The van der Waals surface area contributed by atoms with Crippen LogP contribution in [0.1, 0.15) is 20.7 Å². The number of ether oxygens (including phenoxy) is 1. The molecule has 1 aliphatic rings. The molecule has 0 aliphatic heterocycles. The van der Waals surface area contributed by atoms with E-state index in [4.69, 9.17) is 16.3 Å². The Bertz CT molecular complexity index is 762. The number of hydrogen-bond acceptors (Lipinski definition) is 3. The lowest BCUT2D eigenvalue weighted by atomic mass is 9.90. The van der Waals surface area contributed by atoms with Crippen molar-refractivity contribution in [2.24, 2.45) is 0 Å². The Labute approximate surface area is 126 Å². The lowest BCUT2D eigenvalue weighted by Crippen LogP contribution is -2.20. The van der Waals surface area contributed by atoms with Crippen molar-refractivity contribution in [3.63, 3.8) is 0 Å². The van der Waals surface area contributed by atoms with E-state index >= 15 is 0 Å². The van der Waals surface area contributed by atoms with Gasteiger partial charge in [-0.25, -0.2) is 0 Å². The zero-order valence-corrected chi connectivity index (χ0v) is 11.8. The number of para-hydroxylation sites is 1. The number of carbonyl (C=O) groups excluding carboxylic acids is 2. The molecule has 3 nitrogen and oxygen atoms in total. The molecule has 0 saturated heterocycles. The molecular formula is C17H11ClO3. The van der Waals surface area contributed by atoms with Crippen molar-refractivity contribution in [3.05, 3.63) is 76.3 Å². The zero-order chi connectivity index (χ0) is 14.8. The van der Waals surface area contributed by atoms with Gasteiger partial charge in [0.25, 0.3) is 0 Å². The van der Waals surface area contributed by atoms with Gasteiger partial charge >= 0.3 is 0 Å². The normalized spacial score (nSPS) is 13.7. The first-order valence-corrected chi connectivity index (χ1v) is 6.80. The van der Waals surface area contributed by atoms with Crippen molar-refractivity contribution >= 4 is 23.2 Å². The smallest absolute Gasteiger partial charge is 0.193 e. The van der Waals surface area contributed by atoms with Gasteiger partial charge in [0.15, 0.2) is 11.6 Å². The Morgan fingerprint density at radius 1 is 0.905 bits per heavy atom. The summed E-state index contributed by atoms with van der Waals surface area (Å²) in [7, 11) is 0. The van der Waals surface area contributed by atoms with E-state index in [-0.39, 0.29) is 18.2 Å². The summed E-state index contributed by atoms with van der Waals surface area (Å²) < 4.78 is 5.54. The highest BCUT2D eigenvalue weighted by atomic mass is 35.5. The van der Waals surface area contributed by atoms with Crippen molar-refractivity contribution in [1.29, 1.82) is 0 Å². The molecule has 0 amide bonds. The summed E-state index contributed by atoms with van der Waals surface area (Å²) in [6, 6.07) is 13.8. The van der Waals surface area contributed by atoms with E-state index in [1.54, 1.807) is 48.5 Å². The van der Waals surface area contributed by atoms with E-state index in [1.807, 2.05) is 0 Å². The molecule has 0 radical (unpaired) electrons. The van der Waals surface area contributed by atoms with Crippen LogP contribution in [0, 0.1) is 0 Å². The first-order chi connectivity index (χ1) is 10.2. The first kappa shape index (κ1) is 13.6. The van der Waals surface area contributed by atoms with Crippen molar-refractivity contribution in [1.82, 2.24) is 0 Å². The zero-order valence-electron chi connectivity index (χ0n) is 11.0. The third-order valence-corrected chi connectivity index (χ3v) is 3.57. The van der Waals surface area contributed by atoms with Gasteiger partial charge in [0.2, 0.25) is 0 Å². The standard InChI is InChI=1S/C17H11ClO3/c18-14-7-3-4-8-16(14)21-10-11-9-15(19)12-5-1-2-6-13(12)17(11)20/h1-9H,10H2. The van der Waals surface area contributed by atoms with Crippen LogP contribution in [0.4, 0.5) is 0 Å². The van der Waals surface area contributed by atoms with Gasteiger partial charge in [-0.05, 0) is 18.2 Å². The number of benzene rings is 2. The van der Waals surface area contributed by atoms with E-state index in [1.165, 1.54) is 6.08 Å². The molecule has 4 heteroatoms. The van der Waals surface area contributed by atoms with Crippen LogP contribution in [-0.4, -0.2) is 18.2 Å². The van der Waals surface area contributed by atoms with Crippen LogP contribution in [0.25, 0.3) is 0 Å². The van der Waals surface area contributed by atoms with Gasteiger partial charge in [-0.3, -0.25) is 9.59 Å². The van der Waals surface area contributed by atoms with Crippen LogP contribution >= 0.6 is 11.6 Å². The van der Waals surface area contributed by atoms with Crippen molar-refractivity contribution in [2.45, 2.75) is 0 Å². The number of halogens is 1. The number of carbonyl (C=O) groups is 2. The highest BCUT2D eigenvalue weighted by Gasteiger charge is 2.25. The number of fused-ring (bicyclic) bond motifs is 1. The lowest BCUT2D eigenvalue weighted by Gasteiger charge is -2.15. The summed E-state index contributed by atoms with van der Waals surface area (Å²) >= 11 is 5.99. The monoisotopic (exact) mass is 298 g/mol. The fourth-order valence-corrected chi connectivity index (χ4v) is 2.39. The average Bonchev–Trinajstić information content (AvgIpc) is 2.51.